The quantitative estimate of drug-likeness (QED) is 0.410. The maximum absolute atomic E-state index is 13.2. The monoisotopic (exact) mass is 413 g/mol. The largest absolute Gasteiger partial charge is 0.493 e. The van der Waals surface area contributed by atoms with Crippen LogP contribution in [0.15, 0.2) is 35.9 Å². The van der Waals surface area contributed by atoms with Gasteiger partial charge in [-0.3, -0.25) is 4.79 Å². The number of carbonyl (C=O) groups is 1. The highest BCUT2D eigenvalue weighted by molar-refractivity contribution is 6.12. The first-order chi connectivity index (χ1) is 14.4. The molecule has 0 radical (unpaired) electrons. The molecule has 30 heavy (non-hydrogen) atoms. The van der Waals surface area contributed by atoms with E-state index in [4.69, 9.17) is 18.9 Å². The minimum Gasteiger partial charge on any atom is -0.493 e. The molecule has 0 bridgehead atoms. The van der Waals surface area contributed by atoms with Crippen molar-refractivity contribution < 1.29 is 23.7 Å². The van der Waals surface area contributed by atoms with Crippen LogP contribution in [-0.2, 0) is 0 Å². The summed E-state index contributed by atoms with van der Waals surface area (Å²) in [5, 5.41) is 0. The SMILES string of the molecule is CCOc1ccc(C=C(CC)C(=O)c2cc(OC)c(OC)c(OC)c2)cc1N(C)C. The second-order valence-electron chi connectivity index (χ2n) is 6.82. The molecule has 2 aromatic carbocycles. The summed E-state index contributed by atoms with van der Waals surface area (Å²) in [7, 11) is 8.53. The van der Waals surface area contributed by atoms with E-state index in [0.717, 1.165) is 17.0 Å². The van der Waals surface area contributed by atoms with Crippen LogP contribution in [0.5, 0.6) is 23.0 Å². The highest BCUT2D eigenvalue weighted by Crippen LogP contribution is 2.39. The van der Waals surface area contributed by atoms with E-state index >= 15 is 0 Å². The number of ether oxygens (including phenoxy) is 4. The molecule has 162 valence electrons. The molecule has 0 unspecified atom stereocenters. The molecule has 0 atom stereocenters. The van der Waals surface area contributed by atoms with E-state index in [1.54, 1.807) is 12.1 Å². The average molecular weight is 414 g/mol. The first-order valence-corrected chi connectivity index (χ1v) is 9.89. The maximum atomic E-state index is 13.2. The Morgan fingerprint density at radius 1 is 0.933 bits per heavy atom. The molecule has 6 nitrogen and oxygen atoms in total. The molecule has 0 aliphatic rings. The van der Waals surface area contributed by atoms with Gasteiger partial charge in [-0.15, -0.1) is 0 Å². The minimum atomic E-state index is -0.0861. The lowest BCUT2D eigenvalue weighted by molar-refractivity contribution is 0.103. The second kappa shape index (κ2) is 10.6. The highest BCUT2D eigenvalue weighted by Gasteiger charge is 2.19. The van der Waals surface area contributed by atoms with Crippen LogP contribution in [0.3, 0.4) is 0 Å². The number of hydrogen-bond acceptors (Lipinski definition) is 6. The fraction of sp³-hybridized carbons (Fsp3) is 0.375. The Balaban J connectivity index is 2.48. The zero-order chi connectivity index (χ0) is 22.3. The summed E-state index contributed by atoms with van der Waals surface area (Å²) >= 11 is 0. The van der Waals surface area contributed by atoms with Crippen LogP contribution in [0.4, 0.5) is 5.69 Å². The number of benzene rings is 2. The van der Waals surface area contributed by atoms with Crippen molar-refractivity contribution in [1.29, 1.82) is 0 Å². The normalized spacial score (nSPS) is 11.1. The number of rotatable bonds is 10. The molecule has 0 aliphatic carbocycles. The van der Waals surface area contributed by atoms with Crippen LogP contribution in [-0.4, -0.2) is 47.8 Å². The molecule has 0 spiro atoms. The van der Waals surface area contributed by atoms with Crippen molar-refractivity contribution in [2.75, 3.05) is 46.9 Å². The predicted molar refractivity (Wildman–Crippen MR) is 121 cm³/mol. The van der Waals surface area contributed by atoms with Crippen LogP contribution in [0.1, 0.15) is 36.2 Å². The summed E-state index contributed by atoms with van der Waals surface area (Å²) in [6, 6.07) is 9.26. The van der Waals surface area contributed by atoms with Crippen molar-refractivity contribution >= 4 is 17.5 Å². The standard InChI is InChI=1S/C24H31NO5/c1-8-17(12-16-10-11-20(30-9-2)19(13-16)25(3)4)23(26)18-14-21(27-5)24(29-7)22(15-18)28-6/h10-15H,8-9H2,1-7H3. The van der Waals surface area contributed by atoms with Gasteiger partial charge in [-0.05, 0) is 49.2 Å². The van der Waals surface area contributed by atoms with Gasteiger partial charge in [0.05, 0.1) is 33.6 Å². The molecular weight excluding hydrogens is 382 g/mol. The van der Waals surface area contributed by atoms with Crippen LogP contribution in [0.2, 0.25) is 0 Å². The Morgan fingerprint density at radius 2 is 1.57 bits per heavy atom. The van der Waals surface area contributed by atoms with Gasteiger partial charge >= 0.3 is 0 Å². The third kappa shape index (κ3) is 5.06. The Bertz CT molecular complexity index is 893. The molecule has 2 rings (SSSR count). The number of ketones is 1. The fourth-order valence-corrected chi connectivity index (χ4v) is 3.18. The van der Waals surface area contributed by atoms with Crippen LogP contribution >= 0.6 is 0 Å². The number of methoxy groups -OCH3 is 3. The summed E-state index contributed by atoms with van der Waals surface area (Å²) < 4.78 is 21.8. The van der Waals surface area contributed by atoms with E-state index in [2.05, 4.69) is 0 Å². The van der Waals surface area contributed by atoms with Gasteiger partial charge in [0.1, 0.15) is 5.75 Å². The van der Waals surface area contributed by atoms with Crippen LogP contribution in [0, 0.1) is 0 Å². The molecule has 2 aromatic rings. The van der Waals surface area contributed by atoms with Gasteiger partial charge in [0.2, 0.25) is 5.75 Å². The predicted octanol–water partition coefficient (Wildman–Crippen LogP) is 4.85. The summed E-state index contributed by atoms with van der Waals surface area (Å²) in [6.07, 6.45) is 2.49. The minimum absolute atomic E-state index is 0.0861. The highest BCUT2D eigenvalue weighted by atomic mass is 16.5. The van der Waals surface area contributed by atoms with Gasteiger partial charge < -0.3 is 23.8 Å². The summed E-state index contributed by atoms with van der Waals surface area (Å²) in [5.74, 6) is 2.09. The lowest BCUT2D eigenvalue weighted by atomic mass is 9.98. The van der Waals surface area contributed by atoms with Crippen LogP contribution in [0.25, 0.3) is 6.08 Å². The smallest absolute Gasteiger partial charge is 0.203 e. The van der Waals surface area contributed by atoms with Crippen molar-refractivity contribution in [2.45, 2.75) is 20.3 Å². The second-order valence-corrected chi connectivity index (χ2v) is 6.82. The first kappa shape index (κ1) is 23.1. The summed E-state index contributed by atoms with van der Waals surface area (Å²) in [5.41, 5.74) is 3.05. The lowest BCUT2D eigenvalue weighted by Crippen LogP contribution is -2.11. The number of hydrogen-bond donors (Lipinski definition) is 0. The van der Waals surface area contributed by atoms with E-state index in [9.17, 15) is 4.79 Å². The Labute approximate surface area is 179 Å². The lowest BCUT2D eigenvalue weighted by Gasteiger charge is -2.18. The van der Waals surface area contributed by atoms with Gasteiger partial charge in [-0.25, -0.2) is 0 Å². The molecule has 0 saturated carbocycles. The zero-order valence-corrected chi connectivity index (χ0v) is 18.9. The summed E-state index contributed by atoms with van der Waals surface area (Å²) in [6.45, 7) is 4.51. The Hall–Kier alpha value is -3.15. The Morgan fingerprint density at radius 3 is 2.03 bits per heavy atom. The Kier molecular flexibility index (Phi) is 8.16. The van der Waals surface area contributed by atoms with E-state index in [1.807, 2.05) is 57.1 Å². The average Bonchev–Trinajstić information content (AvgIpc) is 2.76. The zero-order valence-electron chi connectivity index (χ0n) is 18.9. The number of Topliss-reactive ketones (excluding diaryl/α,β-unsaturated/α-hetero) is 1. The van der Waals surface area contributed by atoms with Gasteiger partial charge in [-0.2, -0.15) is 0 Å². The van der Waals surface area contributed by atoms with Gasteiger partial charge in [0, 0.05) is 25.2 Å². The number of allylic oxidation sites excluding steroid dienone is 1. The van der Waals surface area contributed by atoms with Crippen molar-refractivity contribution in [3.05, 3.63) is 47.0 Å². The van der Waals surface area contributed by atoms with E-state index < -0.39 is 0 Å². The van der Waals surface area contributed by atoms with Gasteiger partial charge in [0.25, 0.3) is 0 Å². The third-order valence-corrected chi connectivity index (χ3v) is 4.71. The molecule has 0 heterocycles. The van der Waals surface area contributed by atoms with E-state index in [1.165, 1.54) is 21.3 Å². The fourth-order valence-electron chi connectivity index (χ4n) is 3.18. The van der Waals surface area contributed by atoms with Crippen molar-refractivity contribution in [1.82, 2.24) is 0 Å². The molecule has 6 heteroatoms. The molecular formula is C24H31NO5. The molecule has 0 aliphatic heterocycles. The van der Waals surface area contributed by atoms with Crippen molar-refractivity contribution in [3.63, 3.8) is 0 Å². The van der Waals surface area contributed by atoms with Gasteiger partial charge in [-0.1, -0.05) is 13.0 Å². The molecule has 0 amide bonds. The third-order valence-electron chi connectivity index (χ3n) is 4.71. The molecule has 0 saturated heterocycles. The number of carbonyl (C=O) groups excluding carboxylic acids is 1. The number of nitrogens with zero attached hydrogens (tertiary/aromatic N) is 1. The molecule has 0 N–H and O–H groups in total. The van der Waals surface area contributed by atoms with Crippen LogP contribution < -0.4 is 23.8 Å². The molecule has 0 fully saturated rings. The van der Waals surface area contributed by atoms with Gasteiger partial charge in [0.15, 0.2) is 17.3 Å². The number of anilines is 1. The topological polar surface area (TPSA) is 57.2 Å². The molecule has 0 aromatic heterocycles. The van der Waals surface area contributed by atoms with Crippen molar-refractivity contribution in [3.8, 4) is 23.0 Å². The van der Waals surface area contributed by atoms with Crippen molar-refractivity contribution in [2.24, 2.45) is 0 Å². The first-order valence-electron chi connectivity index (χ1n) is 9.89. The van der Waals surface area contributed by atoms with E-state index in [-0.39, 0.29) is 5.78 Å². The summed E-state index contributed by atoms with van der Waals surface area (Å²) in [4.78, 5) is 15.2. The van der Waals surface area contributed by atoms with E-state index in [0.29, 0.717) is 41.4 Å². The maximum Gasteiger partial charge on any atom is 0.203 e.